The van der Waals surface area contributed by atoms with Crippen LogP contribution >= 0.6 is 0 Å². The maximum atomic E-state index is 12.1. The molecule has 5 nitrogen and oxygen atoms in total. The van der Waals surface area contributed by atoms with Crippen LogP contribution in [0.2, 0.25) is 0 Å². The minimum absolute atomic E-state index is 0.206. The molecular formula is C21H33N3O2. The number of piperidine rings is 1. The molecule has 0 saturated carbocycles. The third-order valence-electron chi connectivity index (χ3n) is 5.65. The molecule has 1 N–H and O–H groups in total. The molecular weight excluding hydrogens is 326 g/mol. The first-order valence-electron chi connectivity index (χ1n) is 10.1. The number of amides is 1. The highest BCUT2D eigenvalue weighted by Crippen LogP contribution is 2.35. The Morgan fingerprint density at radius 1 is 1.19 bits per heavy atom. The first kappa shape index (κ1) is 19.2. The van der Waals surface area contributed by atoms with E-state index in [9.17, 15) is 4.79 Å². The lowest BCUT2D eigenvalue weighted by molar-refractivity contribution is -0.131. The van der Waals surface area contributed by atoms with E-state index in [-0.39, 0.29) is 5.91 Å². The number of likely N-dealkylation sites (tertiary alicyclic amines) is 2. The second-order valence-corrected chi connectivity index (χ2v) is 7.62. The van der Waals surface area contributed by atoms with Crippen LogP contribution in [0, 0.1) is 6.92 Å². The summed E-state index contributed by atoms with van der Waals surface area (Å²) < 4.78 is 6.21. The van der Waals surface area contributed by atoms with Crippen molar-refractivity contribution in [3.63, 3.8) is 0 Å². The zero-order valence-electron chi connectivity index (χ0n) is 16.3. The van der Waals surface area contributed by atoms with E-state index in [4.69, 9.17) is 4.74 Å². The first-order chi connectivity index (χ1) is 12.7. The van der Waals surface area contributed by atoms with E-state index in [0.29, 0.717) is 12.5 Å². The minimum atomic E-state index is 0.206. The fourth-order valence-electron chi connectivity index (χ4n) is 4.10. The van der Waals surface area contributed by atoms with Gasteiger partial charge in [-0.25, -0.2) is 0 Å². The standard InChI is InChI=1S/C21H33N3O2/c1-17-5-6-19(18-7-11-24(12-8-18)21(25)16-22-2)20(15-17)26-14-13-23-9-3-4-10-23/h5-6,15,18,22H,3-4,7-14,16H2,1-2H3. The second-order valence-electron chi connectivity index (χ2n) is 7.62. The topological polar surface area (TPSA) is 44.8 Å². The molecule has 0 atom stereocenters. The summed E-state index contributed by atoms with van der Waals surface area (Å²) in [6.45, 7) is 8.43. The molecule has 0 aliphatic carbocycles. The fourth-order valence-corrected chi connectivity index (χ4v) is 4.10. The molecule has 0 unspecified atom stereocenters. The average molecular weight is 360 g/mol. The zero-order chi connectivity index (χ0) is 18.4. The van der Waals surface area contributed by atoms with Gasteiger partial charge in [-0.15, -0.1) is 0 Å². The summed E-state index contributed by atoms with van der Waals surface area (Å²) in [5.41, 5.74) is 2.56. The van der Waals surface area contributed by atoms with Gasteiger partial charge in [0.1, 0.15) is 12.4 Å². The number of carbonyl (C=O) groups excluding carboxylic acids is 1. The van der Waals surface area contributed by atoms with Crippen molar-refractivity contribution in [3.8, 4) is 5.75 Å². The number of hydrogen-bond acceptors (Lipinski definition) is 4. The normalized spacial score (nSPS) is 19.1. The lowest BCUT2D eigenvalue weighted by Gasteiger charge is -2.33. The molecule has 1 aromatic rings. The predicted octanol–water partition coefficient (Wildman–Crippen LogP) is 2.40. The van der Waals surface area contributed by atoms with Crippen LogP contribution in [0.1, 0.15) is 42.7 Å². The van der Waals surface area contributed by atoms with E-state index >= 15 is 0 Å². The van der Waals surface area contributed by atoms with Crippen LogP contribution < -0.4 is 10.1 Å². The molecule has 2 aliphatic heterocycles. The Bertz CT molecular complexity index is 591. The molecule has 1 amide bonds. The fraction of sp³-hybridized carbons (Fsp3) is 0.667. The Labute approximate surface area is 157 Å². The number of carbonyl (C=O) groups is 1. The lowest BCUT2D eigenvalue weighted by atomic mass is 9.88. The number of aryl methyl sites for hydroxylation is 1. The number of likely N-dealkylation sites (N-methyl/N-ethyl adjacent to an activating group) is 1. The Kier molecular flexibility index (Phi) is 6.92. The van der Waals surface area contributed by atoms with Crippen molar-refractivity contribution in [3.05, 3.63) is 29.3 Å². The second kappa shape index (κ2) is 9.38. The Morgan fingerprint density at radius 3 is 2.62 bits per heavy atom. The van der Waals surface area contributed by atoms with Crippen LogP contribution in [0.25, 0.3) is 0 Å². The molecule has 5 heteroatoms. The van der Waals surface area contributed by atoms with Gasteiger partial charge < -0.3 is 15.0 Å². The van der Waals surface area contributed by atoms with Crippen LogP contribution in [0.15, 0.2) is 18.2 Å². The third kappa shape index (κ3) is 4.98. The monoisotopic (exact) mass is 359 g/mol. The highest BCUT2D eigenvalue weighted by atomic mass is 16.5. The molecule has 2 saturated heterocycles. The summed E-state index contributed by atoms with van der Waals surface area (Å²) in [4.78, 5) is 16.5. The van der Waals surface area contributed by atoms with Crippen molar-refractivity contribution in [1.29, 1.82) is 0 Å². The van der Waals surface area contributed by atoms with Gasteiger partial charge in [0.05, 0.1) is 6.54 Å². The highest BCUT2D eigenvalue weighted by molar-refractivity contribution is 5.78. The zero-order valence-corrected chi connectivity index (χ0v) is 16.3. The van der Waals surface area contributed by atoms with Gasteiger partial charge >= 0.3 is 0 Å². The van der Waals surface area contributed by atoms with Gasteiger partial charge in [0, 0.05) is 19.6 Å². The Morgan fingerprint density at radius 2 is 1.92 bits per heavy atom. The van der Waals surface area contributed by atoms with E-state index in [0.717, 1.165) is 44.8 Å². The van der Waals surface area contributed by atoms with E-state index in [1.807, 2.05) is 11.9 Å². The van der Waals surface area contributed by atoms with Crippen LogP contribution in [0.4, 0.5) is 0 Å². The van der Waals surface area contributed by atoms with E-state index in [1.165, 1.54) is 37.1 Å². The molecule has 0 bridgehead atoms. The molecule has 2 heterocycles. The molecule has 3 rings (SSSR count). The van der Waals surface area contributed by atoms with Crippen molar-refractivity contribution < 1.29 is 9.53 Å². The maximum Gasteiger partial charge on any atom is 0.236 e. The highest BCUT2D eigenvalue weighted by Gasteiger charge is 2.25. The molecule has 0 aromatic heterocycles. The molecule has 0 radical (unpaired) electrons. The van der Waals surface area contributed by atoms with Crippen molar-refractivity contribution in [2.24, 2.45) is 0 Å². The molecule has 2 fully saturated rings. The van der Waals surface area contributed by atoms with Gasteiger partial charge in [-0.3, -0.25) is 9.69 Å². The van der Waals surface area contributed by atoms with Crippen LogP contribution in [0.5, 0.6) is 5.75 Å². The van der Waals surface area contributed by atoms with E-state index in [1.54, 1.807) is 0 Å². The van der Waals surface area contributed by atoms with Gasteiger partial charge in [-0.2, -0.15) is 0 Å². The van der Waals surface area contributed by atoms with Crippen LogP contribution in [-0.4, -0.2) is 68.6 Å². The first-order valence-corrected chi connectivity index (χ1v) is 10.1. The van der Waals surface area contributed by atoms with Gasteiger partial charge in [0.2, 0.25) is 5.91 Å². The molecule has 0 spiro atoms. The summed E-state index contributed by atoms with van der Waals surface area (Å²) in [6, 6.07) is 6.59. The summed E-state index contributed by atoms with van der Waals surface area (Å²) in [7, 11) is 1.82. The number of ether oxygens (including phenoxy) is 1. The molecule has 144 valence electrons. The molecule has 1 aromatic carbocycles. The lowest BCUT2D eigenvalue weighted by Crippen LogP contribution is -2.41. The number of hydrogen-bond donors (Lipinski definition) is 1. The van der Waals surface area contributed by atoms with Gasteiger partial charge in [-0.1, -0.05) is 12.1 Å². The maximum absolute atomic E-state index is 12.1. The summed E-state index contributed by atoms with van der Waals surface area (Å²) in [5.74, 6) is 1.73. The summed E-state index contributed by atoms with van der Waals surface area (Å²) >= 11 is 0. The number of nitrogens with zero attached hydrogens (tertiary/aromatic N) is 2. The minimum Gasteiger partial charge on any atom is -0.492 e. The summed E-state index contributed by atoms with van der Waals surface area (Å²) in [6.07, 6.45) is 4.67. The number of benzene rings is 1. The van der Waals surface area contributed by atoms with Gasteiger partial charge in [-0.05, 0) is 75.9 Å². The van der Waals surface area contributed by atoms with Crippen molar-refractivity contribution in [1.82, 2.24) is 15.1 Å². The SMILES string of the molecule is CNCC(=O)N1CCC(c2ccc(C)cc2OCCN2CCCC2)CC1. The quantitative estimate of drug-likeness (QED) is 0.812. The van der Waals surface area contributed by atoms with Gasteiger partial charge in [0.15, 0.2) is 0 Å². The van der Waals surface area contributed by atoms with Gasteiger partial charge in [0.25, 0.3) is 0 Å². The van der Waals surface area contributed by atoms with Crippen molar-refractivity contribution >= 4 is 5.91 Å². The van der Waals surface area contributed by atoms with E-state index < -0.39 is 0 Å². The smallest absolute Gasteiger partial charge is 0.236 e. The van der Waals surface area contributed by atoms with E-state index in [2.05, 4.69) is 35.3 Å². The predicted molar refractivity (Wildman–Crippen MR) is 105 cm³/mol. The van der Waals surface area contributed by atoms with Crippen LogP contribution in [-0.2, 0) is 4.79 Å². The Hall–Kier alpha value is -1.59. The third-order valence-corrected chi connectivity index (χ3v) is 5.65. The van der Waals surface area contributed by atoms with Crippen LogP contribution in [0.3, 0.4) is 0 Å². The average Bonchev–Trinajstić information content (AvgIpc) is 3.16. The molecule has 26 heavy (non-hydrogen) atoms. The number of nitrogens with one attached hydrogen (secondary N) is 1. The van der Waals surface area contributed by atoms with Crippen molar-refractivity contribution in [2.45, 2.75) is 38.5 Å². The Balaban J connectivity index is 1.58. The van der Waals surface area contributed by atoms with Crippen molar-refractivity contribution in [2.75, 3.05) is 52.9 Å². The molecule has 2 aliphatic rings. The summed E-state index contributed by atoms with van der Waals surface area (Å²) in [5, 5.41) is 2.95. The largest absolute Gasteiger partial charge is 0.492 e. The number of rotatable bonds is 7.